The second kappa shape index (κ2) is 6.35. The standard InChI is InChI=1S/C20H23FN2O2S/c1-13-11-20-17(9-10-22-13)18-12-16(7-8-19(18)23(20)2)26(24,25)15-5-3-14(21)4-6-15/h3-8,12-13,17,20,22H,9-11H2,1-2H3/t13?,17-,20?/m0/s1. The summed E-state index contributed by atoms with van der Waals surface area (Å²) in [7, 11) is -1.56. The summed E-state index contributed by atoms with van der Waals surface area (Å²) < 4.78 is 39.1. The van der Waals surface area contributed by atoms with E-state index in [1.54, 1.807) is 6.07 Å². The molecule has 0 aromatic heterocycles. The molecule has 2 aromatic rings. The lowest BCUT2D eigenvalue weighted by Crippen LogP contribution is -2.34. The van der Waals surface area contributed by atoms with E-state index in [4.69, 9.17) is 0 Å². The molecule has 2 unspecified atom stereocenters. The van der Waals surface area contributed by atoms with Gasteiger partial charge in [0.2, 0.25) is 9.84 Å². The van der Waals surface area contributed by atoms with Crippen LogP contribution in [-0.2, 0) is 9.84 Å². The van der Waals surface area contributed by atoms with Gasteiger partial charge in [0, 0.05) is 30.7 Å². The van der Waals surface area contributed by atoms with Gasteiger partial charge in [-0.25, -0.2) is 12.8 Å². The summed E-state index contributed by atoms with van der Waals surface area (Å²) in [5.74, 6) is -0.113. The van der Waals surface area contributed by atoms with Crippen molar-refractivity contribution in [1.29, 1.82) is 0 Å². The van der Waals surface area contributed by atoms with Gasteiger partial charge in [-0.1, -0.05) is 0 Å². The van der Waals surface area contributed by atoms with Crippen molar-refractivity contribution >= 4 is 15.5 Å². The largest absolute Gasteiger partial charge is 0.371 e. The molecule has 0 radical (unpaired) electrons. The van der Waals surface area contributed by atoms with Crippen LogP contribution >= 0.6 is 0 Å². The van der Waals surface area contributed by atoms with Crippen LogP contribution < -0.4 is 10.2 Å². The zero-order valence-electron chi connectivity index (χ0n) is 14.9. The summed E-state index contributed by atoms with van der Waals surface area (Å²) in [5, 5.41) is 3.52. The molecule has 2 aliphatic rings. The minimum Gasteiger partial charge on any atom is -0.371 e. The van der Waals surface area contributed by atoms with Crippen molar-refractivity contribution < 1.29 is 12.8 Å². The Balaban J connectivity index is 1.75. The Hall–Kier alpha value is -1.92. The third-order valence-electron chi connectivity index (χ3n) is 5.72. The van der Waals surface area contributed by atoms with Crippen molar-refractivity contribution in [3.63, 3.8) is 0 Å². The molecule has 4 nitrogen and oxygen atoms in total. The lowest BCUT2D eigenvalue weighted by atomic mass is 9.90. The highest BCUT2D eigenvalue weighted by atomic mass is 32.2. The molecule has 0 aliphatic carbocycles. The molecule has 1 fully saturated rings. The van der Waals surface area contributed by atoms with Gasteiger partial charge in [-0.3, -0.25) is 0 Å². The lowest BCUT2D eigenvalue weighted by Gasteiger charge is -2.26. The van der Waals surface area contributed by atoms with Crippen molar-refractivity contribution in [3.05, 3.63) is 53.8 Å². The summed E-state index contributed by atoms with van der Waals surface area (Å²) in [6.45, 7) is 3.13. The maximum atomic E-state index is 13.1. The number of likely N-dealkylation sites (N-methyl/N-ethyl adjacent to an activating group) is 1. The molecular formula is C20H23FN2O2S. The first-order chi connectivity index (χ1) is 12.4. The van der Waals surface area contributed by atoms with Gasteiger partial charge in [0.25, 0.3) is 0 Å². The van der Waals surface area contributed by atoms with Gasteiger partial charge in [0.1, 0.15) is 5.82 Å². The second-order valence-electron chi connectivity index (χ2n) is 7.34. The van der Waals surface area contributed by atoms with Crippen LogP contribution in [0.3, 0.4) is 0 Å². The topological polar surface area (TPSA) is 49.4 Å². The third kappa shape index (κ3) is 2.81. The first-order valence-corrected chi connectivity index (χ1v) is 10.5. The highest BCUT2D eigenvalue weighted by Gasteiger charge is 2.39. The molecule has 2 aromatic carbocycles. The van der Waals surface area contributed by atoms with E-state index in [1.165, 1.54) is 24.3 Å². The molecule has 3 atom stereocenters. The molecule has 0 bridgehead atoms. The molecular weight excluding hydrogens is 351 g/mol. The van der Waals surface area contributed by atoms with Crippen LogP contribution in [0.5, 0.6) is 0 Å². The number of nitrogens with zero attached hydrogens (tertiary/aromatic N) is 1. The SMILES string of the molecule is CC1CC2[C@@H](CCN1)c1cc(S(=O)(=O)c3ccc(F)cc3)ccc1N2C. The van der Waals surface area contributed by atoms with Crippen LogP contribution in [0.25, 0.3) is 0 Å². The smallest absolute Gasteiger partial charge is 0.206 e. The van der Waals surface area contributed by atoms with Gasteiger partial charge in [0.15, 0.2) is 0 Å². The molecule has 6 heteroatoms. The van der Waals surface area contributed by atoms with Gasteiger partial charge in [-0.2, -0.15) is 0 Å². The van der Waals surface area contributed by atoms with Crippen molar-refractivity contribution in [2.45, 2.75) is 47.6 Å². The quantitative estimate of drug-likeness (QED) is 0.819. The fraction of sp³-hybridized carbons (Fsp3) is 0.400. The second-order valence-corrected chi connectivity index (χ2v) is 9.29. The number of hydrogen-bond acceptors (Lipinski definition) is 4. The lowest BCUT2D eigenvalue weighted by molar-refractivity contribution is 0.487. The number of anilines is 1. The maximum Gasteiger partial charge on any atom is 0.206 e. The monoisotopic (exact) mass is 374 g/mol. The number of hydrogen-bond donors (Lipinski definition) is 1. The highest BCUT2D eigenvalue weighted by molar-refractivity contribution is 7.91. The van der Waals surface area contributed by atoms with Gasteiger partial charge in [-0.05, 0) is 74.3 Å². The molecule has 2 aliphatic heterocycles. The zero-order chi connectivity index (χ0) is 18.5. The number of halogens is 1. The Morgan fingerprint density at radius 3 is 2.54 bits per heavy atom. The van der Waals surface area contributed by atoms with Crippen molar-refractivity contribution in [3.8, 4) is 0 Å². The first-order valence-electron chi connectivity index (χ1n) is 8.99. The van der Waals surface area contributed by atoms with E-state index in [1.807, 2.05) is 12.1 Å². The number of nitrogens with one attached hydrogen (secondary N) is 1. The Kier molecular flexibility index (Phi) is 4.28. The molecule has 0 saturated carbocycles. The maximum absolute atomic E-state index is 13.1. The average molecular weight is 374 g/mol. The van der Waals surface area contributed by atoms with E-state index in [0.717, 1.165) is 30.6 Å². The summed E-state index contributed by atoms with van der Waals surface area (Å²) in [6.07, 6.45) is 2.03. The predicted molar refractivity (Wildman–Crippen MR) is 99.9 cm³/mol. The van der Waals surface area contributed by atoms with Crippen LogP contribution in [-0.4, -0.2) is 34.1 Å². The number of fused-ring (bicyclic) bond motifs is 3. The van der Waals surface area contributed by atoms with Crippen LogP contribution in [0.4, 0.5) is 10.1 Å². The molecule has 4 rings (SSSR count). The zero-order valence-corrected chi connectivity index (χ0v) is 15.8. The highest BCUT2D eigenvalue weighted by Crippen LogP contribution is 2.45. The van der Waals surface area contributed by atoms with Crippen molar-refractivity contribution in [2.75, 3.05) is 18.5 Å². The van der Waals surface area contributed by atoms with E-state index in [0.29, 0.717) is 18.0 Å². The number of sulfone groups is 1. The van der Waals surface area contributed by atoms with Gasteiger partial charge in [0.05, 0.1) is 9.79 Å². The summed E-state index contributed by atoms with van der Waals surface area (Å²) in [6, 6.07) is 11.3. The van der Waals surface area contributed by atoms with Crippen LogP contribution in [0, 0.1) is 5.82 Å². The molecule has 0 amide bonds. The van der Waals surface area contributed by atoms with Crippen molar-refractivity contribution in [1.82, 2.24) is 5.32 Å². The Bertz CT molecular complexity index is 927. The predicted octanol–water partition coefficient (Wildman–Crippen LogP) is 3.33. The summed E-state index contributed by atoms with van der Waals surface area (Å²) >= 11 is 0. The normalized spacial score (nSPS) is 25.5. The first kappa shape index (κ1) is 17.5. The van der Waals surface area contributed by atoms with Gasteiger partial charge in [-0.15, -0.1) is 0 Å². The fourth-order valence-corrected chi connectivity index (χ4v) is 5.62. The molecule has 2 heterocycles. The number of rotatable bonds is 2. The molecule has 1 N–H and O–H groups in total. The fourth-order valence-electron chi connectivity index (χ4n) is 4.32. The van der Waals surface area contributed by atoms with Crippen LogP contribution in [0.15, 0.2) is 52.3 Å². The Labute approximate surface area is 153 Å². The van der Waals surface area contributed by atoms with E-state index in [9.17, 15) is 12.8 Å². The van der Waals surface area contributed by atoms with Gasteiger partial charge >= 0.3 is 0 Å². The van der Waals surface area contributed by atoms with Crippen molar-refractivity contribution in [2.24, 2.45) is 0 Å². The Morgan fingerprint density at radius 1 is 1.12 bits per heavy atom. The van der Waals surface area contributed by atoms with E-state index in [-0.39, 0.29) is 9.79 Å². The van der Waals surface area contributed by atoms with E-state index in [2.05, 4.69) is 24.2 Å². The molecule has 1 saturated heterocycles. The average Bonchev–Trinajstić information content (AvgIpc) is 2.76. The molecule has 0 spiro atoms. The molecule has 26 heavy (non-hydrogen) atoms. The third-order valence-corrected chi connectivity index (χ3v) is 7.49. The van der Waals surface area contributed by atoms with E-state index >= 15 is 0 Å². The van der Waals surface area contributed by atoms with Crippen LogP contribution in [0.2, 0.25) is 0 Å². The molecule has 138 valence electrons. The summed E-state index contributed by atoms with van der Waals surface area (Å²) in [5.41, 5.74) is 2.23. The minimum absolute atomic E-state index is 0.123. The Morgan fingerprint density at radius 2 is 1.81 bits per heavy atom. The summed E-state index contributed by atoms with van der Waals surface area (Å²) in [4.78, 5) is 2.69. The number of benzene rings is 2. The minimum atomic E-state index is -3.65. The van der Waals surface area contributed by atoms with Gasteiger partial charge < -0.3 is 10.2 Å². The van der Waals surface area contributed by atoms with Crippen LogP contribution in [0.1, 0.15) is 31.2 Å². The van der Waals surface area contributed by atoms with E-state index < -0.39 is 15.7 Å².